The molecule has 17 heavy (non-hydrogen) atoms. The zero-order chi connectivity index (χ0) is 11.9. The molecule has 0 saturated carbocycles. The van der Waals surface area contributed by atoms with E-state index >= 15 is 0 Å². The predicted molar refractivity (Wildman–Crippen MR) is 68.0 cm³/mol. The maximum atomic E-state index is 5.59. The molecule has 96 valence electrons. The number of hydrogen-bond acceptors (Lipinski definition) is 3. The van der Waals surface area contributed by atoms with Crippen molar-refractivity contribution in [2.45, 2.75) is 38.2 Å². The normalized spacial score (nSPS) is 19.9. The molecule has 4 nitrogen and oxygen atoms in total. The van der Waals surface area contributed by atoms with E-state index < -0.39 is 0 Å². The van der Waals surface area contributed by atoms with Crippen LogP contribution in [0.25, 0.3) is 0 Å². The summed E-state index contributed by atoms with van der Waals surface area (Å²) in [6.07, 6.45) is 8.37. The van der Waals surface area contributed by atoms with Gasteiger partial charge in [0.25, 0.3) is 0 Å². The van der Waals surface area contributed by atoms with Gasteiger partial charge in [0.15, 0.2) is 0 Å². The van der Waals surface area contributed by atoms with Gasteiger partial charge in [-0.3, -0.25) is 4.68 Å². The molecule has 1 saturated heterocycles. The molecule has 0 amide bonds. The first-order valence-corrected chi connectivity index (χ1v) is 6.65. The molecule has 0 bridgehead atoms. The lowest BCUT2D eigenvalue weighted by Gasteiger charge is -2.09. The molecule has 1 aromatic heterocycles. The van der Waals surface area contributed by atoms with Crippen LogP contribution in [-0.2, 0) is 18.2 Å². The average molecular weight is 237 g/mol. The average Bonchev–Trinajstić information content (AvgIpc) is 2.95. The Morgan fingerprint density at radius 3 is 3.18 bits per heavy atom. The summed E-state index contributed by atoms with van der Waals surface area (Å²) in [5.74, 6) is 0. The van der Waals surface area contributed by atoms with E-state index in [2.05, 4.69) is 16.5 Å². The van der Waals surface area contributed by atoms with Crippen molar-refractivity contribution in [3.05, 3.63) is 18.0 Å². The van der Waals surface area contributed by atoms with Gasteiger partial charge in [-0.15, -0.1) is 0 Å². The Morgan fingerprint density at radius 2 is 2.47 bits per heavy atom. The van der Waals surface area contributed by atoms with Crippen LogP contribution in [-0.4, -0.2) is 35.6 Å². The topological polar surface area (TPSA) is 39.1 Å². The second-order valence-electron chi connectivity index (χ2n) is 4.72. The molecule has 2 rings (SSSR count). The highest BCUT2D eigenvalue weighted by atomic mass is 16.5. The van der Waals surface area contributed by atoms with E-state index in [-0.39, 0.29) is 0 Å². The lowest BCUT2D eigenvalue weighted by atomic mass is 10.1. The van der Waals surface area contributed by atoms with Gasteiger partial charge in [-0.2, -0.15) is 5.10 Å². The number of aromatic nitrogens is 2. The molecule has 1 aromatic rings. The monoisotopic (exact) mass is 237 g/mol. The summed E-state index contributed by atoms with van der Waals surface area (Å²) in [7, 11) is 1.99. The Kier molecular flexibility index (Phi) is 5.01. The Morgan fingerprint density at radius 1 is 1.53 bits per heavy atom. The van der Waals surface area contributed by atoms with Gasteiger partial charge in [-0.05, 0) is 38.3 Å². The quantitative estimate of drug-likeness (QED) is 0.731. The van der Waals surface area contributed by atoms with Gasteiger partial charge in [-0.25, -0.2) is 0 Å². The summed E-state index contributed by atoms with van der Waals surface area (Å²) >= 11 is 0. The fourth-order valence-corrected chi connectivity index (χ4v) is 2.31. The lowest BCUT2D eigenvalue weighted by Crippen LogP contribution is -2.20. The lowest BCUT2D eigenvalue weighted by molar-refractivity contribution is 0.102. The third-order valence-corrected chi connectivity index (χ3v) is 3.38. The van der Waals surface area contributed by atoms with Gasteiger partial charge in [0.2, 0.25) is 0 Å². The van der Waals surface area contributed by atoms with Crippen molar-refractivity contribution < 1.29 is 4.74 Å². The van der Waals surface area contributed by atoms with E-state index in [1.807, 2.05) is 17.9 Å². The minimum atomic E-state index is 0.536. The predicted octanol–water partition coefficient (Wildman–Crippen LogP) is 1.51. The van der Waals surface area contributed by atoms with Crippen LogP contribution >= 0.6 is 0 Å². The molecule has 1 atom stereocenters. The molecule has 1 fully saturated rings. The first-order chi connectivity index (χ1) is 8.36. The number of ether oxygens (including phenoxy) is 1. The largest absolute Gasteiger partial charge is 0.378 e. The molecule has 0 aliphatic carbocycles. The fraction of sp³-hybridized carbons (Fsp3) is 0.769. The summed E-state index contributed by atoms with van der Waals surface area (Å²) in [6, 6.07) is 2.08. The number of nitrogens with zero attached hydrogens (tertiary/aromatic N) is 2. The molecule has 1 unspecified atom stereocenters. The summed E-state index contributed by atoms with van der Waals surface area (Å²) in [4.78, 5) is 0. The van der Waals surface area contributed by atoms with Crippen LogP contribution in [0.2, 0.25) is 0 Å². The van der Waals surface area contributed by atoms with Crippen LogP contribution in [0.3, 0.4) is 0 Å². The maximum absolute atomic E-state index is 5.59. The molecular weight excluding hydrogens is 214 g/mol. The van der Waals surface area contributed by atoms with Gasteiger partial charge >= 0.3 is 0 Å². The van der Waals surface area contributed by atoms with E-state index in [9.17, 15) is 0 Å². The summed E-state index contributed by atoms with van der Waals surface area (Å²) < 4.78 is 7.53. The van der Waals surface area contributed by atoms with E-state index in [0.29, 0.717) is 6.10 Å². The van der Waals surface area contributed by atoms with E-state index in [0.717, 1.165) is 26.1 Å². The highest BCUT2D eigenvalue weighted by molar-refractivity contribution is 5.00. The van der Waals surface area contributed by atoms with E-state index in [1.54, 1.807) is 0 Å². The number of nitrogens with one attached hydrogen (secondary N) is 1. The zero-order valence-electron chi connectivity index (χ0n) is 10.7. The van der Waals surface area contributed by atoms with Crippen LogP contribution in [0.1, 0.15) is 31.4 Å². The molecule has 0 spiro atoms. The summed E-state index contributed by atoms with van der Waals surface area (Å²) in [5, 5.41) is 7.63. The number of rotatable bonds is 7. The molecule has 2 heterocycles. The minimum absolute atomic E-state index is 0.536. The molecule has 1 aliphatic heterocycles. The number of aryl methyl sites for hydroxylation is 1. The molecule has 4 heteroatoms. The van der Waals surface area contributed by atoms with Crippen molar-refractivity contribution in [2.24, 2.45) is 7.05 Å². The zero-order valence-corrected chi connectivity index (χ0v) is 10.7. The van der Waals surface area contributed by atoms with Crippen molar-refractivity contribution in [3.63, 3.8) is 0 Å². The van der Waals surface area contributed by atoms with Crippen molar-refractivity contribution >= 4 is 0 Å². The van der Waals surface area contributed by atoms with Crippen molar-refractivity contribution in [1.82, 2.24) is 15.1 Å². The SMILES string of the molecule is Cn1nccc1CCNCCCC1CCCO1. The summed E-state index contributed by atoms with van der Waals surface area (Å²) in [6.45, 7) is 3.10. The third-order valence-electron chi connectivity index (χ3n) is 3.38. The maximum Gasteiger partial charge on any atom is 0.0576 e. The Bertz CT molecular complexity index is 318. The van der Waals surface area contributed by atoms with Gasteiger partial charge in [0.05, 0.1) is 6.10 Å². The van der Waals surface area contributed by atoms with Crippen molar-refractivity contribution in [2.75, 3.05) is 19.7 Å². The van der Waals surface area contributed by atoms with Gasteiger partial charge in [0.1, 0.15) is 0 Å². The smallest absolute Gasteiger partial charge is 0.0576 e. The highest BCUT2D eigenvalue weighted by Crippen LogP contribution is 2.16. The number of hydrogen-bond donors (Lipinski definition) is 1. The molecule has 0 radical (unpaired) electrons. The summed E-state index contributed by atoms with van der Waals surface area (Å²) in [5.41, 5.74) is 1.29. The molecular formula is C13H23N3O. The van der Waals surface area contributed by atoms with Crippen LogP contribution in [0.15, 0.2) is 12.3 Å². The Labute approximate surface area is 103 Å². The molecule has 0 aromatic carbocycles. The van der Waals surface area contributed by atoms with Crippen LogP contribution in [0, 0.1) is 0 Å². The van der Waals surface area contributed by atoms with Gasteiger partial charge < -0.3 is 10.1 Å². The highest BCUT2D eigenvalue weighted by Gasteiger charge is 2.14. The van der Waals surface area contributed by atoms with Gasteiger partial charge in [0, 0.05) is 38.5 Å². The fourth-order valence-electron chi connectivity index (χ4n) is 2.31. The second-order valence-corrected chi connectivity index (χ2v) is 4.72. The van der Waals surface area contributed by atoms with Gasteiger partial charge in [-0.1, -0.05) is 0 Å². The molecule has 1 aliphatic rings. The Balaban J connectivity index is 1.47. The van der Waals surface area contributed by atoms with E-state index in [1.165, 1.54) is 31.4 Å². The van der Waals surface area contributed by atoms with Crippen molar-refractivity contribution in [1.29, 1.82) is 0 Å². The van der Waals surface area contributed by atoms with Crippen LogP contribution < -0.4 is 5.32 Å². The van der Waals surface area contributed by atoms with Crippen molar-refractivity contribution in [3.8, 4) is 0 Å². The minimum Gasteiger partial charge on any atom is -0.378 e. The van der Waals surface area contributed by atoms with Crippen LogP contribution in [0.4, 0.5) is 0 Å². The third kappa shape index (κ3) is 4.13. The molecule has 1 N–H and O–H groups in total. The Hall–Kier alpha value is -0.870. The van der Waals surface area contributed by atoms with Crippen LogP contribution in [0.5, 0.6) is 0 Å². The standard InChI is InChI=1S/C13H23N3O/c1-16-12(7-10-15-16)6-9-14-8-2-4-13-5-3-11-17-13/h7,10,13-14H,2-6,8-9,11H2,1H3. The first-order valence-electron chi connectivity index (χ1n) is 6.65. The first kappa shape index (κ1) is 12.6. The van der Waals surface area contributed by atoms with E-state index in [4.69, 9.17) is 4.74 Å². The second kappa shape index (κ2) is 6.77.